The predicted molar refractivity (Wildman–Crippen MR) is 62.9 cm³/mol. The molecule has 1 N–H and O–H groups in total. The Bertz CT molecular complexity index is 457. The van der Waals surface area contributed by atoms with Crippen LogP contribution in [0.1, 0.15) is 5.56 Å². The van der Waals surface area contributed by atoms with Crippen LogP contribution in [0.25, 0.3) is 0 Å². The first-order valence-electron chi connectivity index (χ1n) is 4.29. The first-order chi connectivity index (χ1) is 6.83. The Morgan fingerprint density at radius 3 is 2.47 bits per heavy atom. The lowest BCUT2D eigenvalue weighted by Gasteiger charge is -2.14. The minimum absolute atomic E-state index is 0.283. The number of hydrogen-bond acceptors (Lipinski definition) is 3. The molecule has 0 fully saturated rings. The van der Waals surface area contributed by atoms with Gasteiger partial charge in [-0.2, -0.15) is 0 Å². The Labute approximate surface area is 98.4 Å². The van der Waals surface area contributed by atoms with Gasteiger partial charge in [-0.05, 0) is 24.6 Å². The molecular formula is C9H13BrN2O2S. The summed E-state index contributed by atoms with van der Waals surface area (Å²) in [5.74, 6) is 0. The Morgan fingerprint density at radius 2 is 1.93 bits per heavy atom. The first kappa shape index (κ1) is 12.6. The van der Waals surface area contributed by atoms with Gasteiger partial charge in [-0.1, -0.05) is 22.0 Å². The van der Waals surface area contributed by atoms with E-state index in [-0.39, 0.29) is 4.90 Å². The number of hydrazine groups is 1. The van der Waals surface area contributed by atoms with Crippen LogP contribution in [0, 0.1) is 6.92 Å². The molecule has 0 aliphatic heterocycles. The van der Waals surface area contributed by atoms with Crippen molar-refractivity contribution in [3.8, 4) is 0 Å². The fourth-order valence-electron chi connectivity index (χ4n) is 1.15. The van der Waals surface area contributed by atoms with Gasteiger partial charge in [-0.25, -0.2) is 13.4 Å². The van der Waals surface area contributed by atoms with Crippen molar-refractivity contribution in [2.75, 3.05) is 14.1 Å². The number of nitrogens with zero attached hydrogens (tertiary/aromatic N) is 1. The number of hydrogen-bond donors (Lipinski definition) is 1. The quantitative estimate of drug-likeness (QED) is 0.860. The molecule has 0 unspecified atom stereocenters. The average Bonchev–Trinajstić information content (AvgIpc) is 2.06. The lowest BCUT2D eigenvalue weighted by molar-refractivity contribution is 0.364. The third kappa shape index (κ3) is 3.27. The van der Waals surface area contributed by atoms with E-state index in [2.05, 4.69) is 20.8 Å². The monoisotopic (exact) mass is 292 g/mol. The van der Waals surface area contributed by atoms with Crippen molar-refractivity contribution in [3.63, 3.8) is 0 Å². The van der Waals surface area contributed by atoms with Crippen LogP contribution < -0.4 is 4.83 Å². The Balaban J connectivity index is 3.21. The lowest BCUT2D eigenvalue weighted by atomic mass is 10.2. The fraction of sp³-hybridized carbons (Fsp3) is 0.333. The number of sulfonamides is 1. The Hall–Kier alpha value is -0.430. The van der Waals surface area contributed by atoms with E-state index in [1.165, 1.54) is 5.01 Å². The summed E-state index contributed by atoms with van der Waals surface area (Å²) >= 11 is 3.25. The van der Waals surface area contributed by atoms with E-state index in [0.717, 1.165) is 4.47 Å². The smallest absolute Gasteiger partial charge is 0.237 e. The molecule has 1 aromatic rings. The second-order valence-corrected chi connectivity index (χ2v) is 5.94. The molecular weight excluding hydrogens is 280 g/mol. The molecule has 6 heteroatoms. The summed E-state index contributed by atoms with van der Waals surface area (Å²) in [5.41, 5.74) is 0.715. The van der Waals surface area contributed by atoms with Crippen LogP contribution >= 0.6 is 15.9 Å². The van der Waals surface area contributed by atoms with Gasteiger partial charge < -0.3 is 0 Å². The van der Waals surface area contributed by atoms with Crippen LogP contribution in [0.4, 0.5) is 0 Å². The molecule has 0 atom stereocenters. The molecule has 0 aliphatic carbocycles. The third-order valence-electron chi connectivity index (χ3n) is 1.74. The van der Waals surface area contributed by atoms with Gasteiger partial charge in [0.2, 0.25) is 0 Å². The number of aryl methyl sites for hydroxylation is 1. The molecule has 0 spiro atoms. The van der Waals surface area contributed by atoms with Crippen molar-refractivity contribution >= 4 is 26.0 Å². The molecule has 4 nitrogen and oxygen atoms in total. The highest BCUT2D eigenvalue weighted by Crippen LogP contribution is 2.20. The fourth-order valence-corrected chi connectivity index (χ4v) is 3.02. The SMILES string of the molecule is Cc1ccc(Br)cc1S(=O)(=O)NN(C)C. The molecule has 0 amide bonds. The molecule has 0 heterocycles. The molecule has 0 saturated carbocycles. The highest BCUT2D eigenvalue weighted by Gasteiger charge is 2.17. The molecule has 0 bridgehead atoms. The summed E-state index contributed by atoms with van der Waals surface area (Å²) in [5, 5.41) is 1.40. The van der Waals surface area contributed by atoms with Crippen molar-refractivity contribution in [2.45, 2.75) is 11.8 Å². The average molecular weight is 293 g/mol. The van der Waals surface area contributed by atoms with E-state index < -0.39 is 10.0 Å². The molecule has 0 aromatic heterocycles. The summed E-state index contributed by atoms with van der Waals surface area (Å²) in [4.78, 5) is 2.67. The van der Waals surface area contributed by atoms with Crippen LogP contribution in [-0.2, 0) is 10.0 Å². The zero-order valence-corrected chi connectivity index (χ0v) is 11.2. The van der Waals surface area contributed by atoms with Crippen LogP contribution in [0.2, 0.25) is 0 Å². The lowest BCUT2D eigenvalue weighted by Crippen LogP contribution is -2.36. The van der Waals surface area contributed by atoms with Gasteiger partial charge in [0.25, 0.3) is 10.0 Å². The highest BCUT2D eigenvalue weighted by molar-refractivity contribution is 9.10. The Morgan fingerprint density at radius 1 is 1.33 bits per heavy atom. The van der Waals surface area contributed by atoms with Gasteiger partial charge >= 0.3 is 0 Å². The van der Waals surface area contributed by atoms with Crippen molar-refractivity contribution in [1.82, 2.24) is 9.84 Å². The number of halogens is 1. The standard InChI is InChI=1S/C9H13BrN2O2S/c1-7-4-5-8(10)6-9(7)15(13,14)11-12(2)3/h4-6,11H,1-3H3. The summed E-state index contributed by atoms with van der Waals surface area (Å²) in [6.07, 6.45) is 0. The zero-order chi connectivity index (χ0) is 11.6. The van der Waals surface area contributed by atoms with E-state index >= 15 is 0 Å². The van der Waals surface area contributed by atoms with Crippen LogP contribution in [0.5, 0.6) is 0 Å². The maximum absolute atomic E-state index is 11.8. The summed E-state index contributed by atoms with van der Waals surface area (Å²) in [6.45, 7) is 1.76. The van der Waals surface area contributed by atoms with E-state index in [1.54, 1.807) is 33.2 Å². The van der Waals surface area contributed by atoms with Gasteiger partial charge in [0, 0.05) is 18.6 Å². The van der Waals surface area contributed by atoms with Crippen molar-refractivity contribution in [1.29, 1.82) is 0 Å². The van der Waals surface area contributed by atoms with E-state index in [4.69, 9.17) is 0 Å². The molecule has 0 radical (unpaired) electrons. The van der Waals surface area contributed by atoms with Crippen LogP contribution in [0.3, 0.4) is 0 Å². The maximum Gasteiger partial charge on any atom is 0.253 e. The summed E-state index contributed by atoms with van der Waals surface area (Å²) in [6, 6.07) is 5.15. The predicted octanol–water partition coefficient (Wildman–Crippen LogP) is 1.51. The van der Waals surface area contributed by atoms with Crippen molar-refractivity contribution in [2.24, 2.45) is 0 Å². The molecule has 84 valence electrons. The second-order valence-electron chi connectivity index (χ2n) is 3.40. The minimum atomic E-state index is -3.47. The zero-order valence-electron chi connectivity index (χ0n) is 8.78. The van der Waals surface area contributed by atoms with Gasteiger partial charge in [0.15, 0.2) is 0 Å². The van der Waals surface area contributed by atoms with Gasteiger partial charge in [-0.15, -0.1) is 4.83 Å². The van der Waals surface area contributed by atoms with E-state index in [0.29, 0.717) is 5.56 Å². The van der Waals surface area contributed by atoms with Crippen LogP contribution in [-0.4, -0.2) is 27.5 Å². The number of benzene rings is 1. The Kier molecular flexibility index (Phi) is 3.88. The van der Waals surface area contributed by atoms with Gasteiger partial charge in [0.05, 0.1) is 4.90 Å². The summed E-state index contributed by atoms with van der Waals surface area (Å²) < 4.78 is 24.4. The van der Waals surface area contributed by atoms with Crippen molar-refractivity contribution < 1.29 is 8.42 Å². The topological polar surface area (TPSA) is 49.4 Å². The largest absolute Gasteiger partial charge is 0.253 e. The van der Waals surface area contributed by atoms with Gasteiger partial charge in [-0.3, -0.25) is 0 Å². The highest BCUT2D eigenvalue weighted by atomic mass is 79.9. The van der Waals surface area contributed by atoms with E-state index in [1.807, 2.05) is 6.07 Å². The van der Waals surface area contributed by atoms with Crippen molar-refractivity contribution in [3.05, 3.63) is 28.2 Å². The second kappa shape index (κ2) is 4.61. The molecule has 1 rings (SSSR count). The number of nitrogens with one attached hydrogen (secondary N) is 1. The normalized spacial score (nSPS) is 12.1. The molecule has 0 aliphatic rings. The van der Waals surface area contributed by atoms with E-state index in [9.17, 15) is 8.42 Å². The van der Waals surface area contributed by atoms with Crippen LogP contribution in [0.15, 0.2) is 27.6 Å². The number of rotatable bonds is 3. The molecule has 15 heavy (non-hydrogen) atoms. The summed E-state index contributed by atoms with van der Waals surface area (Å²) in [7, 11) is -0.207. The van der Waals surface area contributed by atoms with Gasteiger partial charge in [0.1, 0.15) is 0 Å². The minimum Gasteiger partial charge on any atom is -0.237 e. The maximum atomic E-state index is 11.8. The molecule has 0 saturated heterocycles. The third-order valence-corrected chi connectivity index (χ3v) is 3.86. The first-order valence-corrected chi connectivity index (χ1v) is 6.56. The molecule has 1 aromatic carbocycles.